The Bertz CT molecular complexity index is 936. The fraction of sp³-hybridized carbons (Fsp3) is 0.783. The molecule has 0 radical (unpaired) electrons. The van der Waals surface area contributed by atoms with Crippen molar-refractivity contribution in [1.29, 1.82) is 0 Å². The first-order valence-electron chi connectivity index (χ1n) is 12.2. The number of hydrogen-bond donors (Lipinski definition) is 3. The van der Waals surface area contributed by atoms with Crippen molar-refractivity contribution in [2.75, 3.05) is 13.2 Å². The van der Waals surface area contributed by atoms with Gasteiger partial charge in [-0.25, -0.2) is 0 Å². The lowest BCUT2D eigenvalue weighted by molar-refractivity contribution is -0.321. The lowest BCUT2D eigenvalue weighted by Crippen LogP contribution is -2.57. The maximum absolute atomic E-state index is 13.3. The van der Waals surface area contributed by atoms with Crippen LogP contribution in [0.25, 0.3) is 0 Å². The van der Waals surface area contributed by atoms with Crippen LogP contribution in [0, 0.1) is 5.92 Å². The van der Waals surface area contributed by atoms with E-state index in [2.05, 4.69) is 20.7 Å². The van der Waals surface area contributed by atoms with Gasteiger partial charge in [-0.3, -0.25) is 28.7 Å². The second-order valence-electron chi connectivity index (χ2n) is 10.7. The number of amides is 4. The van der Waals surface area contributed by atoms with Gasteiger partial charge in [0.15, 0.2) is 5.78 Å². The maximum atomic E-state index is 13.3. The van der Waals surface area contributed by atoms with Crippen LogP contribution in [0.2, 0.25) is 0 Å². The highest BCUT2D eigenvalue weighted by Crippen LogP contribution is 2.37. The van der Waals surface area contributed by atoms with Crippen molar-refractivity contribution in [3.63, 3.8) is 0 Å². The summed E-state index contributed by atoms with van der Waals surface area (Å²) in [7, 11) is 0. The third-order valence-corrected chi connectivity index (χ3v) is 6.54. The Morgan fingerprint density at radius 1 is 1.19 bits per heavy atom. The Morgan fingerprint density at radius 2 is 1.86 bits per heavy atom. The molecule has 4 amide bonds. The number of carbonyl (C=O) groups is 5. The molecule has 0 aromatic carbocycles. The fourth-order valence-corrected chi connectivity index (χ4v) is 4.99. The molecule has 208 valence electrons. The van der Waals surface area contributed by atoms with E-state index in [9.17, 15) is 37.1 Å². The minimum absolute atomic E-state index is 0.0409. The van der Waals surface area contributed by atoms with Crippen LogP contribution in [0.3, 0.4) is 0 Å². The van der Waals surface area contributed by atoms with Crippen molar-refractivity contribution in [3.8, 4) is 0 Å². The highest BCUT2D eigenvalue weighted by Gasteiger charge is 2.53. The van der Waals surface area contributed by atoms with Gasteiger partial charge in [0.1, 0.15) is 12.6 Å². The van der Waals surface area contributed by atoms with Crippen LogP contribution in [0.15, 0.2) is 0 Å². The summed E-state index contributed by atoms with van der Waals surface area (Å²) in [6, 6.07) is -3.23. The number of fused-ring (bicyclic) bond motifs is 1. The molecule has 0 aromatic heterocycles. The molecule has 37 heavy (non-hydrogen) atoms. The summed E-state index contributed by atoms with van der Waals surface area (Å²) >= 11 is 0. The van der Waals surface area contributed by atoms with Gasteiger partial charge in [0.05, 0.1) is 24.3 Å². The third kappa shape index (κ3) is 7.40. The van der Waals surface area contributed by atoms with E-state index < -0.39 is 72.2 Å². The number of carbonyl (C=O) groups excluding carboxylic acids is 5. The molecule has 3 aliphatic rings. The summed E-state index contributed by atoms with van der Waals surface area (Å²) in [6.07, 6.45) is -5.27. The van der Waals surface area contributed by atoms with E-state index in [1.807, 2.05) is 0 Å². The number of hydrogen-bond acceptors (Lipinski definition) is 7. The summed E-state index contributed by atoms with van der Waals surface area (Å²) in [4.78, 5) is 64.9. The molecule has 3 N–H and O–H groups in total. The van der Waals surface area contributed by atoms with Crippen LogP contribution in [-0.4, -0.2) is 89.7 Å². The average Bonchev–Trinajstić information content (AvgIpc) is 3.42. The van der Waals surface area contributed by atoms with E-state index in [4.69, 9.17) is 4.74 Å². The van der Waals surface area contributed by atoms with Gasteiger partial charge < -0.3 is 25.6 Å². The van der Waals surface area contributed by atoms with E-state index in [1.165, 1.54) is 0 Å². The average molecular weight is 535 g/mol. The molecular formula is C23H33F3N4O7. The Morgan fingerprint density at radius 3 is 2.43 bits per heavy atom. The number of alkyl halides is 3. The summed E-state index contributed by atoms with van der Waals surface area (Å²) in [6.45, 7) is 5.85. The summed E-state index contributed by atoms with van der Waals surface area (Å²) in [5, 5.41) is 7.56. The quantitative estimate of drug-likeness (QED) is 0.395. The van der Waals surface area contributed by atoms with Crippen molar-refractivity contribution >= 4 is 29.4 Å². The Hall–Kier alpha value is -2.74. The normalized spacial score (nSPS) is 28.5. The number of Topliss-reactive ketones (excluding diaryl/α,β-unsaturated/α-hetero) is 1. The highest BCUT2D eigenvalue weighted by molar-refractivity contribution is 6.35. The first-order valence-corrected chi connectivity index (χ1v) is 12.2. The molecule has 3 fully saturated rings. The van der Waals surface area contributed by atoms with Crippen molar-refractivity contribution in [2.45, 2.75) is 95.6 Å². The number of halogens is 3. The van der Waals surface area contributed by atoms with E-state index in [0.717, 1.165) is 4.90 Å². The van der Waals surface area contributed by atoms with E-state index in [1.54, 1.807) is 27.7 Å². The minimum Gasteiger partial charge on any atom is -0.373 e. The molecule has 6 unspecified atom stereocenters. The second kappa shape index (κ2) is 10.9. The van der Waals surface area contributed by atoms with Crippen molar-refractivity contribution in [3.05, 3.63) is 0 Å². The van der Waals surface area contributed by atoms with Crippen molar-refractivity contribution < 1.29 is 46.6 Å². The summed E-state index contributed by atoms with van der Waals surface area (Å²) in [5.74, 6) is -4.83. The number of nitrogens with one attached hydrogen (secondary N) is 3. The van der Waals surface area contributed by atoms with Gasteiger partial charge >= 0.3 is 18.2 Å². The number of likely N-dealkylation sites (tertiary alicyclic amines) is 1. The standard InChI is InChI=1S/C23H33F3N4O7/c1-11-7-14-17(37-11)9-15(30(14)21(35)20(34)29-22(2,3)4)19(33)28-13(8-12-5-6-27-18(12)32)16(31)10-36-23(24,25)26/h11-15,17H,5-10H2,1-4H3,(H,27,32)(H,28,33)(H,29,34). The van der Waals surface area contributed by atoms with Gasteiger partial charge in [-0.15, -0.1) is 13.2 Å². The van der Waals surface area contributed by atoms with Gasteiger partial charge in [0, 0.05) is 24.4 Å². The number of rotatable bonds is 7. The zero-order valence-corrected chi connectivity index (χ0v) is 21.1. The Balaban J connectivity index is 1.79. The van der Waals surface area contributed by atoms with Crippen LogP contribution in [-0.2, 0) is 33.4 Å². The largest absolute Gasteiger partial charge is 0.522 e. The van der Waals surface area contributed by atoms with Gasteiger partial charge in [-0.05, 0) is 47.0 Å². The molecule has 0 bridgehead atoms. The molecule has 3 heterocycles. The maximum Gasteiger partial charge on any atom is 0.522 e. The molecule has 0 aliphatic carbocycles. The van der Waals surface area contributed by atoms with Crippen LogP contribution < -0.4 is 16.0 Å². The minimum atomic E-state index is -5.06. The zero-order chi connectivity index (χ0) is 27.7. The zero-order valence-electron chi connectivity index (χ0n) is 21.1. The number of ketones is 1. The second-order valence-corrected chi connectivity index (χ2v) is 10.7. The molecule has 3 saturated heterocycles. The van der Waals surface area contributed by atoms with Gasteiger partial charge in [0.25, 0.3) is 0 Å². The molecule has 3 rings (SSSR count). The molecule has 11 nitrogen and oxygen atoms in total. The Labute approximate surface area is 212 Å². The van der Waals surface area contributed by atoms with Gasteiger partial charge in [0.2, 0.25) is 11.8 Å². The number of nitrogens with zero attached hydrogens (tertiary/aromatic N) is 1. The van der Waals surface area contributed by atoms with Crippen LogP contribution in [0.4, 0.5) is 13.2 Å². The van der Waals surface area contributed by atoms with E-state index in [0.29, 0.717) is 19.4 Å². The number of ether oxygens (including phenoxy) is 2. The monoisotopic (exact) mass is 534 g/mol. The fourth-order valence-electron chi connectivity index (χ4n) is 4.99. The molecule has 14 heteroatoms. The summed E-state index contributed by atoms with van der Waals surface area (Å²) in [5.41, 5.74) is -0.721. The van der Waals surface area contributed by atoms with Gasteiger partial charge in [-0.2, -0.15) is 0 Å². The lowest BCUT2D eigenvalue weighted by Gasteiger charge is -2.31. The Kier molecular flexibility index (Phi) is 8.52. The molecule has 0 spiro atoms. The van der Waals surface area contributed by atoms with E-state index >= 15 is 0 Å². The van der Waals surface area contributed by atoms with Crippen LogP contribution in [0.5, 0.6) is 0 Å². The third-order valence-electron chi connectivity index (χ3n) is 6.54. The highest BCUT2D eigenvalue weighted by atomic mass is 19.4. The molecule has 3 aliphatic heterocycles. The first kappa shape index (κ1) is 28.8. The van der Waals surface area contributed by atoms with Crippen molar-refractivity contribution in [1.82, 2.24) is 20.9 Å². The van der Waals surface area contributed by atoms with Crippen LogP contribution >= 0.6 is 0 Å². The molecular weight excluding hydrogens is 501 g/mol. The first-order chi connectivity index (χ1) is 17.1. The van der Waals surface area contributed by atoms with E-state index in [-0.39, 0.29) is 24.9 Å². The predicted octanol–water partition coefficient (Wildman–Crippen LogP) is 0.165. The SMILES string of the molecule is CC1CC2C(CC(C(=O)NC(CC3CCNC3=O)C(=O)COC(F)(F)F)N2C(=O)C(=O)NC(C)(C)C)O1. The molecule has 6 atom stereocenters. The smallest absolute Gasteiger partial charge is 0.373 e. The van der Waals surface area contributed by atoms with Crippen molar-refractivity contribution in [2.24, 2.45) is 5.92 Å². The lowest BCUT2D eigenvalue weighted by atomic mass is 9.95. The molecule has 0 saturated carbocycles. The predicted molar refractivity (Wildman–Crippen MR) is 121 cm³/mol. The summed E-state index contributed by atoms with van der Waals surface area (Å²) < 4.78 is 47.0. The van der Waals surface area contributed by atoms with Crippen LogP contribution in [0.1, 0.15) is 53.4 Å². The van der Waals surface area contributed by atoms with Gasteiger partial charge in [-0.1, -0.05) is 0 Å². The topological polar surface area (TPSA) is 143 Å². The molecule has 0 aromatic rings.